The van der Waals surface area contributed by atoms with Crippen LogP contribution in [0, 0.1) is 0 Å². The highest BCUT2D eigenvalue weighted by molar-refractivity contribution is 7.09. The van der Waals surface area contributed by atoms with Crippen LogP contribution < -0.4 is 5.73 Å². The molecular weight excluding hydrogens is 248 g/mol. The second kappa shape index (κ2) is 5.29. The second-order valence-electron chi connectivity index (χ2n) is 4.06. The summed E-state index contributed by atoms with van der Waals surface area (Å²) in [6.45, 7) is 0.0475. The van der Waals surface area contributed by atoms with Gasteiger partial charge in [0.2, 0.25) is 0 Å². The Morgan fingerprint density at radius 2 is 2.11 bits per heavy atom. The minimum Gasteiger partial charge on any atom is -0.481 e. The molecule has 94 valence electrons. The number of nitrogens with zero attached hydrogens (tertiary/aromatic N) is 1. The van der Waals surface area contributed by atoms with Gasteiger partial charge in [0, 0.05) is 24.5 Å². The Bertz CT molecular complexity index is 513. The van der Waals surface area contributed by atoms with Crippen LogP contribution in [0.3, 0.4) is 0 Å². The predicted octanol–water partition coefficient (Wildman–Crippen LogP) is 1.67. The number of carbonyl (C=O) groups is 1. The van der Waals surface area contributed by atoms with Gasteiger partial charge in [-0.1, -0.05) is 30.3 Å². The van der Waals surface area contributed by atoms with Gasteiger partial charge in [-0.15, -0.1) is 11.3 Å². The summed E-state index contributed by atoms with van der Waals surface area (Å²) in [6.07, 6.45) is 1.99. The molecule has 2 aromatic rings. The third-order valence-corrected chi connectivity index (χ3v) is 3.80. The largest absolute Gasteiger partial charge is 0.481 e. The van der Waals surface area contributed by atoms with Crippen LogP contribution in [0.5, 0.6) is 0 Å². The van der Waals surface area contributed by atoms with Gasteiger partial charge in [-0.2, -0.15) is 0 Å². The summed E-state index contributed by atoms with van der Waals surface area (Å²) in [5, 5.41) is 12.2. The number of hydrogen-bond donors (Lipinski definition) is 2. The summed E-state index contributed by atoms with van der Waals surface area (Å²) in [5.74, 6) is -0.911. The molecule has 0 radical (unpaired) electrons. The van der Waals surface area contributed by atoms with Crippen LogP contribution in [0.15, 0.2) is 41.9 Å². The summed E-state index contributed by atoms with van der Waals surface area (Å²) in [7, 11) is 0. The highest BCUT2D eigenvalue weighted by atomic mass is 32.1. The molecule has 0 fully saturated rings. The van der Waals surface area contributed by atoms with Crippen molar-refractivity contribution in [3.8, 4) is 0 Å². The van der Waals surface area contributed by atoms with Gasteiger partial charge in [0.25, 0.3) is 0 Å². The molecule has 0 spiro atoms. The molecule has 0 amide bonds. The maximum atomic E-state index is 11.7. The molecule has 1 atom stereocenters. The third kappa shape index (κ3) is 2.27. The van der Waals surface area contributed by atoms with Gasteiger partial charge in [0.15, 0.2) is 0 Å². The van der Waals surface area contributed by atoms with Crippen molar-refractivity contribution in [1.82, 2.24) is 4.98 Å². The number of nitrogens with two attached hydrogens (primary N) is 1. The monoisotopic (exact) mass is 262 g/mol. The number of aromatic nitrogens is 1. The molecule has 4 nitrogen and oxygen atoms in total. The van der Waals surface area contributed by atoms with Crippen molar-refractivity contribution in [2.45, 2.75) is 11.8 Å². The Labute approximate surface area is 109 Å². The molecule has 1 heterocycles. The van der Waals surface area contributed by atoms with E-state index < -0.39 is 11.4 Å². The Morgan fingerprint density at radius 1 is 1.39 bits per heavy atom. The summed E-state index contributed by atoms with van der Waals surface area (Å²) in [5.41, 5.74) is 5.37. The highest BCUT2D eigenvalue weighted by Gasteiger charge is 2.39. The number of hydrogen-bond acceptors (Lipinski definition) is 4. The quantitative estimate of drug-likeness (QED) is 0.859. The van der Waals surface area contributed by atoms with E-state index >= 15 is 0 Å². The van der Waals surface area contributed by atoms with E-state index in [2.05, 4.69) is 4.98 Å². The molecule has 0 aliphatic rings. The molecule has 1 unspecified atom stereocenters. The van der Waals surface area contributed by atoms with Gasteiger partial charge in [0.05, 0.1) is 5.01 Å². The SMILES string of the molecule is NCC(Cc1nccs1)(C(=O)O)c1ccccc1. The summed E-state index contributed by atoms with van der Waals surface area (Å²) in [4.78, 5) is 15.8. The van der Waals surface area contributed by atoms with E-state index in [1.165, 1.54) is 11.3 Å². The first kappa shape index (κ1) is 12.7. The lowest BCUT2D eigenvalue weighted by molar-refractivity contribution is -0.143. The molecule has 1 aromatic carbocycles. The second-order valence-corrected chi connectivity index (χ2v) is 5.04. The molecule has 1 aromatic heterocycles. The fourth-order valence-corrected chi connectivity index (χ4v) is 2.66. The standard InChI is InChI=1S/C13H14N2O2S/c14-9-13(12(16)17,8-11-15-6-7-18-11)10-4-2-1-3-5-10/h1-7H,8-9,14H2,(H,16,17). The summed E-state index contributed by atoms with van der Waals surface area (Å²) < 4.78 is 0. The Balaban J connectivity index is 2.43. The van der Waals surface area contributed by atoms with Crippen molar-refractivity contribution in [2.24, 2.45) is 5.73 Å². The smallest absolute Gasteiger partial charge is 0.315 e. The average Bonchev–Trinajstić information content (AvgIpc) is 2.89. The van der Waals surface area contributed by atoms with Crippen LogP contribution >= 0.6 is 11.3 Å². The van der Waals surface area contributed by atoms with Gasteiger partial charge in [-0.3, -0.25) is 4.79 Å². The summed E-state index contributed by atoms with van der Waals surface area (Å²) >= 11 is 1.45. The van der Waals surface area contributed by atoms with Crippen molar-refractivity contribution >= 4 is 17.3 Å². The zero-order valence-electron chi connectivity index (χ0n) is 9.74. The van der Waals surface area contributed by atoms with Crippen molar-refractivity contribution in [3.05, 3.63) is 52.5 Å². The molecule has 2 rings (SSSR count). The van der Waals surface area contributed by atoms with E-state index in [-0.39, 0.29) is 6.54 Å². The maximum absolute atomic E-state index is 11.7. The average molecular weight is 262 g/mol. The lowest BCUT2D eigenvalue weighted by Crippen LogP contribution is -2.44. The number of carboxylic acid groups (broad SMARTS) is 1. The lowest BCUT2D eigenvalue weighted by Gasteiger charge is -2.27. The minimum atomic E-state index is -1.10. The van der Waals surface area contributed by atoms with Crippen LogP contribution in [0.2, 0.25) is 0 Å². The predicted molar refractivity (Wildman–Crippen MR) is 70.6 cm³/mol. The van der Waals surface area contributed by atoms with E-state index in [1.807, 2.05) is 23.6 Å². The number of aliphatic carboxylic acids is 1. The van der Waals surface area contributed by atoms with Gasteiger partial charge in [-0.25, -0.2) is 4.98 Å². The molecule has 3 N–H and O–H groups in total. The number of benzene rings is 1. The molecule has 18 heavy (non-hydrogen) atoms. The fraction of sp³-hybridized carbons (Fsp3) is 0.231. The van der Waals surface area contributed by atoms with Crippen LogP contribution in [0.1, 0.15) is 10.6 Å². The molecule has 0 saturated carbocycles. The highest BCUT2D eigenvalue weighted by Crippen LogP contribution is 2.28. The molecule has 5 heteroatoms. The van der Waals surface area contributed by atoms with Crippen molar-refractivity contribution in [2.75, 3.05) is 6.54 Å². The lowest BCUT2D eigenvalue weighted by atomic mass is 9.78. The molecule has 0 aliphatic carbocycles. The van der Waals surface area contributed by atoms with Gasteiger partial charge >= 0.3 is 5.97 Å². The summed E-state index contributed by atoms with van der Waals surface area (Å²) in [6, 6.07) is 9.11. The first-order chi connectivity index (χ1) is 8.69. The van der Waals surface area contributed by atoms with Crippen LogP contribution in [-0.2, 0) is 16.6 Å². The molecular formula is C13H14N2O2S. The first-order valence-corrected chi connectivity index (χ1v) is 6.44. The number of thiazole rings is 1. The first-order valence-electron chi connectivity index (χ1n) is 5.56. The van der Waals surface area contributed by atoms with Crippen molar-refractivity contribution in [3.63, 3.8) is 0 Å². The van der Waals surface area contributed by atoms with Crippen LogP contribution in [-0.4, -0.2) is 22.6 Å². The van der Waals surface area contributed by atoms with E-state index in [1.54, 1.807) is 18.3 Å². The van der Waals surface area contributed by atoms with E-state index in [4.69, 9.17) is 5.73 Å². The Hall–Kier alpha value is -1.72. The zero-order chi connectivity index (χ0) is 13.0. The van der Waals surface area contributed by atoms with Crippen molar-refractivity contribution in [1.29, 1.82) is 0 Å². The fourth-order valence-electron chi connectivity index (χ4n) is 1.93. The normalized spacial score (nSPS) is 14.1. The zero-order valence-corrected chi connectivity index (χ0v) is 10.6. The topological polar surface area (TPSA) is 76.2 Å². The molecule has 0 bridgehead atoms. The molecule has 0 aliphatic heterocycles. The van der Waals surface area contributed by atoms with E-state index in [9.17, 15) is 9.90 Å². The van der Waals surface area contributed by atoms with Gasteiger partial charge < -0.3 is 10.8 Å². The Morgan fingerprint density at radius 3 is 2.61 bits per heavy atom. The van der Waals surface area contributed by atoms with Crippen molar-refractivity contribution < 1.29 is 9.90 Å². The third-order valence-electron chi connectivity index (χ3n) is 3.02. The number of rotatable bonds is 5. The maximum Gasteiger partial charge on any atom is 0.315 e. The van der Waals surface area contributed by atoms with E-state index in [0.29, 0.717) is 6.42 Å². The van der Waals surface area contributed by atoms with Crippen LogP contribution in [0.25, 0.3) is 0 Å². The van der Waals surface area contributed by atoms with E-state index in [0.717, 1.165) is 10.6 Å². The Kier molecular flexibility index (Phi) is 3.74. The van der Waals surface area contributed by atoms with Crippen LogP contribution in [0.4, 0.5) is 0 Å². The molecule has 0 saturated heterocycles. The minimum absolute atomic E-state index is 0.0475. The number of carboxylic acids is 1. The van der Waals surface area contributed by atoms with Gasteiger partial charge in [-0.05, 0) is 5.56 Å². The van der Waals surface area contributed by atoms with Gasteiger partial charge in [0.1, 0.15) is 5.41 Å².